The number of carboxylic acid groups (broad SMARTS) is 1. The van der Waals surface area contributed by atoms with Crippen LogP contribution in [0.25, 0.3) is 0 Å². The van der Waals surface area contributed by atoms with Gasteiger partial charge in [0.25, 0.3) is 0 Å². The van der Waals surface area contributed by atoms with Crippen LogP contribution in [0.4, 0.5) is 4.79 Å². The molecular formula is C11H16N2O3. The van der Waals surface area contributed by atoms with Gasteiger partial charge in [-0.05, 0) is 20.3 Å². The number of amides is 2. The Bertz CT molecular complexity index is 343. The van der Waals surface area contributed by atoms with Crippen LogP contribution in [-0.4, -0.2) is 41.1 Å². The van der Waals surface area contributed by atoms with Gasteiger partial charge in [0.05, 0.1) is 12.5 Å². The van der Waals surface area contributed by atoms with Gasteiger partial charge in [-0.3, -0.25) is 4.79 Å². The van der Waals surface area contributed by atoms with E-state index in [4.69, 9.17) is 5.11 Å². The van der Waals surface area contributed by atoms with Crippen LogP contribution in [0, 0.1) is 17.8 Å². The van der Waals surface area contributed by atoms with Crippen LogP contribution < -0.4 is 5.32 Å². The first-order valence-corrected chi connectivity index (χ1v) is 5.24. The minimum atomic E-state index is -0.837. The summed E-state index contributed by atoms with van der Waals surface area (Å²) in [6.45, 7) is 4.25. The van der Waals surface area contributed by atoms with Crippen molar-refractivity contribution in [1.82, 2.24) is 10.2 Å². The van der Waals surface area contributed by atoms with Gasteiger partial charge in [-0.15, -0.1) is 5.92 Å². The maximum atomic E-state index is 11.7. The summed E-state index contributed by atoms with van der Waals surface area (Å²) < 4.78 is 0. The van der Waals surface area contributed by atoms with Crippen LogP contribution in [0.3, 0.4) is 0 Å². The van der Waals surface area contributed by atoms with Gasteiger partial charge in [0.1, 0.15) is 0 Å². The maximum Gasteiger partial charge on any atom is 0.318 e. The zero-order valence-corrected chi connectivity index (χ0v) is 9.49. The van der Waals surface area contributed by atoms with E-state index in [1.54, 1.807) is 18.7 Å². The Morgan fingerprint density at radius 1 is 1.56 bits per heavy atom. The smallest absolute Gasteiger partial charge is 0.318 e. The summed E-state index contributed by atoms with van der Waals surface area (Å²) in [5.74, 6) is 4.11. The molecule has 0 aromatic rings. The Kier molecular flexibility index (Phi) is 4.18. The third-order valence-corrected chi connectivity index (χ3v) is 2.84. The van der Waals surface area contributed by atoms with Gasteiger partial charge in [0, 0.05) is 12.6 Å². The minimum Gasteiger partial charge on any atom is -0.481 e. The molecule has 0 aromatic heterocycles. The van der Waals surface area contributed by atoms with Gasteiger partial charge in [0.2, 0.25) is 0 Å². The topological polar surface area (TPSA) is 69.6 Å². The van der Waals surface area contributed by atoms with E-state index in [2.05, 4.69) is 17.2 Å². The van der Waals surface area contributed by atoms with Crippen LogP contribution >= 0.6 is 0 Å². The predicted molar refractivity (Wildman–Crippen MR) is 58.8 cm³/mol. The van der Waals surface area contributed by atoms with E-state index in [1.807, 2.05) is 0 Å². The summed E-state index contributed by atoms with van der Waals surface area (Å²) in [6.07, 6.45) is 0.517. The third kappa shape index (κ3) is 2.66. The van der Waals surface area contributed by atoms with E-state index in [0.717, 1.165) is 0 Å². The van der Waals surface area contributed by atoms with E-state index in [1.165, 1.54) is 0 Å². The van der Waals surface area contributed by atoms with E-state index >= 15 is 0 Å². The first-order valence-electron chi connectivity index (χ1n) is 5.24. The number of hydrogen-bond acceptors (Lipinski definition) is 2. The highest BCUT2D eigenvalue weighted by molar-refractivity contribution is 5.78. The highest BCUT2D eigenvalue weighted by Gasteiger charge is 2.37. The lowest BCUT2D eigenvalue weighted by Crippen LogP contribution is -2.43. The fourth-order valence-corrected chi connectivity index (χ4v) is 1.87. The number of aliphatic carboxylic acids is 1. The van der Waals surface area contributed by atoms with Crippen molar-refractivity contribution >= 4 is 12.0 Å². The van der Waals surface area contributed by atoms with Crippen molar-refractivity contribution in [3.05, 3.63) is 0 Å². The predicted octanol–water partition coefficient (Wildman–Crippen LogP) is 0.514. The molecule has 16 heavy (non-hydrogen) atoms. The highest BCUT2D eigenvalue weighted by atomic mass is 16.4. The number of likely N-dealkylation sites (tertiary alicyclic amines) is 1. The molecule has 2 atom stereocenters. The molecule has 1 heterocycles. The second-order valence-corrected chi connectivity index (χ2v) is 3.75. The Balaban J connectivity index is 2.51. The molecule has 1 fully saturated rings. The fourth-order valence-electron chi connectivity index (χ4n) is 1.87. The average molecular weight is 224 g/mol. The molecular weight excluding hydrogens is 208 g/mol. The highest BCUT2D eigenvalue weighted by Crippen LogP contribution is 2.23. The van der Waals surface area contributed by atoms with Gasteiger partial charge < -0.3 is 15.3 Å². The number of carbonyl (C=O) groups excluding carboxylic acids is 1. The molecule has 0 bridgehead atoms. The van der Waals surface area contributed by atoms with Gasteiger partial charge in [-0.1, -0.05) is 5.92 Å². The summed E-state index contributed by atoms with van der Waals surface area (Å²) in [7, 11) is 0. The number of rotatable bonds is 2. The minimum absolute atomic E-state index is 0.237. The number of nitrogens with one attached hydrogen (secondary N) is 1. The number of hydrogen-bond donors (Lipinski definition) is 2. The second kappa shape index (κ2) is 5.40. The Morgan fingerprint density at radius 3 is 2.75 bits per heavy atom. The summed E-state index contributed by atoms with van der Waals surface area (Å²) in [4.78, 5) is 24.1. The molecule has 0 aromatic carbocycles. The summed E-state index contributed by atoms with van der Waals surface area (Å²) in [6, 6.07) is -0.494. The molecule has 1 saturated heterocycles. The first-order chi connectivity index (χ1) is 7.57. The van der Waals surface area contributed by atoms with Crippen molar-refractivity contribution in [2.45, 2.75) is 26.3 Å². The van der Waals surface area contributed by atoms with Crippen LogP contribution in [0.1, 0.15) is 20.3 Å². The molecule has 2 N–H and O–H groups in total. The average Bonchev–Trinajstić information content (AvgIpc) is 2.60. The summed E-state index contributed by atoms with van der Waals surface area (Å²) in [5.41, 5.74) is 0. The largest absolute Gasteiger partial charge is 0.481 e. The fraction of sp³-hybridized carbons (Fsp3) is 0.636. The summed E-state index contributed by atoms with van der Waals surface area (Å²) >= 11 is 0. The van der Waals surface area contributed by atoms with Gasteiger partial charge in [-0.2, -0.15) is 0 Å². The van der Waals surface area contributed by atoms with Crippen LogP contribution in [0.5, 0.6) is 0 Å². The molecule has 0 radical (unpaired) electrons. The molecule has 5 heteroatoms. The zero-order chi connectivity index (χ0) is 12.1. The molecule has 0 aliphatic carbocycles. The summed E-state index contributed by atoms with van der Waals surface area (Å²) in [5, 5.41) is 11.6. The van der Waals surface area contributed by atoms with Crippen LogP contribution in [0.2, 0.25) is 0 Å². The van der Waals surface area contributed by atoms with E-state index in [0.29, 0.717) is 19.5 Å². The molecule has 1 aliphatic heterocycles. The van der Waals surface area contributed by atoms with Crippen molar-refractivity contribution in [1.29, 1.82) is 0 Å². The molecule has 0 spiro atoms. The molecule has 2 amide bonds. The van der Waals surface area contributed by atoms with Gasteiger partial charge in [0.15, 0.2) is 0 Å². The standard InChI is InChI=1S/C11H16N2O3/c1-3-4-6-12-11(16)13-7-5-9(8(13)2)10(14)15/h8-9H,5-7H2,1-2H3,(H,12,16)(H,14,15). The lowest BCUT2D eigenvalue weighted by molar-refractivity contribution is -0.142. The van der Waals surface area contributed by atoms with Crippen LogP contribution in [-0.2, 0) is 4.79 Å². The second-order valence-electron chi connectivity index (χ2n) is 3.75. The van der Waals surface area contributed by atoms with Crippen molar-refractivity contribution in [2.24, 2.45) is 5.92 Å². The van der Waals surface area contributed by atoms with E-state index in [9.17, 15) is 9.59 Å². The zero-order valence-electron chi connectivity index (χ0n) is 9.49. The van der Waals surface area contributed by atoms with Crippen molar-refractivity contribution < 1.29 is 14.7 Å². The van der Waals surface area contributed by atoms with Gasteiger partial charge >= 0.3 is 12.0 Å². The lowest BCUT2D eigenvalue weighted by Gasteiger charge is -2.22. The molecule has 0 saturated carbocycles. The van der Waals surface area contributed by atoms with E-state index < -0.39 is 11.9 Å². The van der Waals surface area contributed by atoms with Crippen molar-refractivity contribution in [3.63, 3.8) is 0 Å². The number of carboxylic acids is 1. The SMILES string of the molecule is CC#CCNC(=O)N1CCC(C(=O)O)C1C. The van der Waals surface area contributed by atoms with Crippen LogP contribution in [0.15, 0.2) is 0 Å². The third-order valence-electron chi connectivity index (χ3n) is 2.84. The Hall–Kier alpha value is -1.70. The number of carbonyl (C=O) groups is 2. The quantitative estimate of drug-likeness (QED) is 0.672. The van der Waals surface area contributed by atoms with Crippen molar-refractivity contribution in [2.75, 3.05) is 13.1 Å². The van der Waals surface area contributed by atoms with Crippen molar-refractivity contribution in [3.8, 4) is 11.8 Å². The molecule has 1 aliphatic rings. The molecule has 1 rings (SSSR count). The maximum absolute atomic E-state index is 11.7. The normalized spacial score (nSPS) is 23.5. The lowest BCUT2D eigenvalue weighted by atomic mass is 10.0. The molecule has 2 unspecified atom stereocenters. The molecule has 88 valence electrons. The first kappa shape index (κ1) is 12.4. The van der Waals surface area contributed by atoms with E-state index in [-0.39, 0.29) is 12.1 Å². The Morgan fingerprint density at radius 2 is 2.25 bits per heavy atom. The van der Waals surface area contributed by atoms with Gasteiger partial charge in [-0.25, -0.2) is 4.79 Å². The number of nitrogens with zero attached hydrogens (tertiary/aromatic N) is 1. The monoisotopic (exact) mass is 224 g/mol. The number of urea groups is 1. The molecule has 5 nitrogen and oxygen atoms in total. The Labute approximate surface area is 94.8 Å².